The Morgan fingerprint density at radius 3 is 2.28 bits per heavy atom. The smallest absolute Gasteiger partial charge is 0.374 e. The summed E-state index contributed by atoms with van der Waals surface area (Å²) in [6, 6.07) is 10.2. The average Bonchev–Trinajstić information content (AvgIpc) is 3.07. The van der Waals surface area contributed by atoms with Crippen molar-refractivity contribution >= 4 is 34.8 Å². The number of hydrogen-bond acceptors (Lipinski definition) is 3. The maximum atomic E-state index is 14.0. The summed E-state index contributed by atoms with van der Waals surface area (Å²) in [5.74, 6) is -0.176. The highest BCUT2D eigenvalue weighted by Gasteiger charge is 2.62. The number of carbonyl (C=O) groups excluding carboxylic acids is 1. The maximum Gasteiger partial charge on any atom is 0.435 e. The summed E-state index contributed by atoms with van der Waals surface area (Å²) < 4.78 is 42.1. The molecule has 2 unspecified atom stereocenters. The lowest BCUT2D eigenvalue weighted by atomic mass is 9.86. The molecular formula is C20H17Cl2F3N2O2. The van der Waals surface area contributed by atoms with Crippen molar-refractivity contribution in [3.63, 3.8) is 0 Å². The molecule has 0 saturated heterocycles. The molecule has 154 valence electrons. The van der Waals surface area contributed by atoms with Crippen LogP contribution < -0.4 is 5.32 Å². The van der Waals surface area contributed by atoms with Gasteiger partial charge in [-0.05, 0) is 36.2 Å². The summed E-state index contributed by atoms with van der Waals surface area (Å²) >= 11 is 11.8. The molecule has 0 fully saturated rings. The summed E-state index contributed by atoms with van der Waals surface area (Å²) in [7, 11) is 0. The van der Waals surface area contributed by atoms with Crippen molar-refractivity contribution in [3.05, 3.63) is 69.2 Å². The third-order valence-corrected chi connectivity index (χ3v) is 5.11. The topological polar surface area (TPSA) is 50.7 Å². The van der Waals surface area contributed by atoms with Gasteiger partial charge in [0.15, 0.2) is 0 Å². The molecule has 1 heterocycles. The number of rotatable bonds is 4. The van der Waals surface area contributed by atoms with E-state index < -0.39 is 18.2 Å². The number of carbonyl (C=O) groups is 1. The first-order chi connectivity index (χ1) is 13.5. The predicted molar refractivity (Wildman–Crippen MR) is 105 cm³/mol. The molecule has 2 atom stereocenters. The van der Waals surface area contributed by atoms with Crippen LogP contribution in [0.15, 0.2) is 47.6 Å². The van der Waals surface area contributed by atoms with E-state index in [4.69, 9.17) is 28.0 Å². The normalized spacial score (nSPS) is 20.0. The minimum absolute atomic E-state index is 0.0736. The third-order valence-electron chi connectivity index (χ3n) is 4.68. The van der Waals surface area contributed by atoms with Gasteiger partial charge < -0.3 is 10.2 Å². The number of nitrogens with zero attached hydrogens (tertiary/aromatic N) is 1. The van der Waals surface area contributed by atoms with Gasteiger partial charge in [-0.25, -0.2) is 0 Å². The molecule has 29 heavy (non-hydrogen) atoms. The molecule has 0 spiro atoms. The molecule has 1 N–H and O–H groups in total. The predicted octanol–water partition coefficient (Wildman–Crippen LogP) is 5.77. The van der Waals surface area contributed by atoms with Crippen molar-refractivity contribution in [1.82, 2.24) is 5.32 Å². The molecule has 3 rings (SSSR count). The Morgan fingerprint density at radius 2 is 1.76 bits per heavy atom. The summed E-state index contributed by atoms with van der Waals surface area (Å²) in [4.78, 5) is 16.2. The first kappa shape index (κ1) is 21.5. The quantitative estimate of drug-likeness (QED) is 0.650. The fraction of sp³-hybridized carbons (Fsp3) is 0.300. The zero-order valence-electron chi connectivity index (χ0n) is 15.5. The maximum absolute atomic E-state index is 14.0. The van der Waals surface area contributed by atoms with Crippen molar-refractivity contribution in [1.29, 1.82) is 0 Å². The molecule has 1 aliphatic heterocycles. The second-order valence-electron chi connectivity index (χ2n) is 6.83. The van der Waals surface area contributed by atoms with Crippen molar-refractivity contribution in [2.45, 2.75) is 38.1 Å². The number of hydrogen-bond donors (Lipinski definition) is 1. The molecular weight excluding hydrogens is 428 g/mol. The van der Waals surface area contributed by atoms with E-state index in [0.29, 0.717) is 5.56 Å². The highest BCUT2D eigenvalue weighted by atomic mass is 35.5. The van der Waals surface area contributed by atoms with Crippen LogP contribution in [0.2, 0.25) is 10.0 Å². The lowest BCUT2D eigenvalue weighted by Gasteiger charge is -2.29. The first-order valence-corrected chi connectivity index (χ1v) is 9.43. The van der Waals surface area contributed by atoms with Gasteiger partial charge in [0.2, 0.25) is 5.91 Å². The monoisotopic (exact) mass is 444 g/mol. The second kappa shape index (κ2) is 7.88. The van der Waals surface area contributed by atoms with Gasteiger partial charge in [0.25, 0.3) is 5.60 Å². The minimum Gasteiger partial charge on any atom is -0.374 e. The van der Waals surface area contributed by atoms with Gasteiger partial charge in [-0.15, -0.1) is 0 Å². The minimum atomic E-state index is -4.74. The Labute approximate surface area is 175 Å². The fourth-order valence-electron chi connectivity index (χ4n) is 3.20. The lowest BCUT2D eigenvalue weighted by molar-refractivity contribution is -0.275. The molecule has 0 aromatic heterocycles. The van der Waals surface area contributed by atoms with E-state index in [0.717, 1.165) is 5.56 Å². The van der Waals surface area contributed by atoms with Crippen LogP contribution in [-0.2, 0) is 15.2 Å². The van der Waals surface area contributed by atoms with Gasteiger partial charge in [-0.2, -0.15) is 13.2 Å². The standard InChI is InChI=1S/C20H17Cl2F3N2O2/c1-11(26-12(2)28)13-3-5-14(6-4-13)18-10-19(29-27-18,20(23,24)25)15-7-16(21)9-17(22)8-15/h3-9,11H,10H2,1-2H3,(H,26,28). The number of halogens is 5. The van der Waals surface area contributed by atoms with Crippen molar-refractivity contribution in [2.24, 2.45) is 5.16 Å². The molecule has 0 radical (unpaired) electrons. The van der Waals surface area contributed by atoms with E-state index in [1.165, 1.54) is 25.1 Å². The molecule has 1 amide bonds. The van der Waals surface area contributed by atoms with E-state index in [-0.39, 0.29) is 33.3 Å². The van der Waals surface area contributed by atoms with E-state index in [1.807, 2.05) is 6.92 Å². The Morgan fingerprint density at radius 1 is 1.17 bits per heavy atom. The highest BCUT2D eigenvalue weighted by molar-refractivity contribution is 6.34. The SMILES string of the molecule is CC(=O)NC(C)c1ccc(C2=NOC(c3cc(Cl)cc(Cl)c3)(C(F)(F)F)C2)cc1. The van der Waals surface area contributed by atoms with Crippen LogP contribution in [0.5, 0.6) is 0 Å². The third kappa shape index (κ3) is 4.36. The van der Waals surface area contributed by atoms with Crippen LogP contribution in [0.3, 0.4) is 0 Å². The molecule has 2 aromatic rings. The van der Waals surface area contributed by atoms with Crippen LogP contribution in [0.25, 0.3) is 0 Å². The van der Waals surface area contributed by atoms with Crippen LogP contribution >= 0.6 is 23.2 Å². The number of nitrogens with one attached hydrogen (secondary N) is 1. The first-order valence-electron chi connectivity index (χ1n) is 8.67. The van der Waals surface area contributed by atoms with Crippen molar-refractivity contribution < 1.29 is 22.8 Å². The van der Waals surface area contributed by atoms with Gasteiger partial charge in [0, 0.05) is 29.0 Å². The number of amides is 1. The Kier molecular flexibility index (Phi) is 5.83. The zero-order valence-corrected chi connectivity index (χ0v) is 17.0. The molecule has 9 heteroatoms. The highest BCUT2D eigenvalue weighted by Crippen LogP contribution is 2.49. The Balaban J connectivity index is 1.90. The van der Waals surface area contributed by atoms with E-state index in [9.17, 15) is 18.0 Å². The zero-order chi connectivity index (χ0) is 21.4. The Hall–Kier alpha value is -2.25. The van der Waals surface area contributed by atoms with Gasteiger partial charge in [0.05, 0.1) is 11.8 Å². The number of oxime groups is 1. The fourth-order valence-corrected chi connectivity index (χ4v) is 3.72. The number of benzene rings is 2. The molecule has 4 nitrogen and oxygen atoms in total. The lowest BCUT2D eigenvalue weighted by Crippen LogP contribution is -2.42. The molecule has 2 aromatic carbocycles. The molecule has 0 bridgehead atoms. The van der Waals surface area contributed by atoms with E-state index in [2.05, 4.69) is 10.5 Å². The second-order valence-corrected chi connectivity index (χ2v) is 7.71. The van der Waals surface area contributed by atoms with E-state index >= 15 is 0 Å². The van der Waals surface area contributed by atoms with Crippen LogP contribution in [0.4, 0.5) is 13.2 Å². The number of alkyl halides is 3. The molecule has 0 saturated carbocycles. The van der Waals surface area contributed by atoms with Gasteiger partial charge >= 0.3 is 6.18 Å². The van der Waals surface area contributed by atoms with Crippen LogP contribution in [-0.4, -0.2) is 17.8 Å². The average molecular weight is 445 g/mol. The summed E-state index contributed by atoms with van der Waals surface area (Å²) in [5, 5.41) is 6.62. The summed E-state index contributed by atoms with van der Waals surface area (Å²) in [5.41, 5.74) is -1.43. The van der Waals surface area contributed by atoms with Gasteiger partial charge in [-0.3, -0.25) is 4.79 Å². The van der Waals surface area contributed by atoms with Gasteiger partial charge in [0.1, 0.15) is 0 Å². The summed E-state index contributed by atoms with van der Waals surface area (Å²) in [6.07, 6.45) is -5.26. The largest absolute Gasteiger partial charge is 0.435 e. The van der Waals surface area contributed by atoms with Gasteiger partial charge in [-0.1, -0.05) is 52.6 Å². The molecule has 0 aliphatic carbocycles. The van der Waals surface area contributed by atoms with E-state index in [1.54, 1.807) is 24.3 Å². The van der Waals surface area contributed by atoms with Crippen LogP contribution in [0.1, 0.15) is 43.0 Å². The van der Waals surface area contributed by atoms with Crippen molar-refractivity contribution in [2.75, 3.05) is 0 Å². The molecule has 1 aliphatic rings. The van der Waals surface area contributed by atoms with Crippen molar-refractivity contribution in [3.8, 4) is 0 Å². The Bertz CT molecular complexity index is 941. The summed E-state index contributed by atoms with van der Waals surface area (Å²) in [6.45, 7) is 3.22. The van der Waals surface area contributed by atoms with Crippen LogP contribution in [0, 0.1) is 0 Å².